The molecule has 0 amide bonds. The monoisotopic (exact) mass is 270 g/mol. The van der Waals surface area contributed by atoms with Gasteiger partial charge in [0.05, 0.1) is 0 Å². The summed E-state index contributed by atoms with van der Waals surface area (Å²) < 4.78 is 0. The largest absolute Gasteiger partial charge is 0.480 e. The number of aliphatic carboxylic acids is 1. The average Bonchev–Trinajstić information content (AvgIpc) is 2.38. The van der Waals surface area contributed by atoms with Crippen molar-refractivity contribution in [2.75, 3.05) is 13.6 Å². The van der Waals surface area contributed by atoms with Gasteiger partial charge < -0.3 is 10.4 Å². The molecule has 0 aromatic rings. The van der Waals surface area contributed by atoms with E-state index >= 15 is 0 Å². The first kappa shape index (κ1) is 16.4. The highest BCUT2D eigenvalue weighted by atomic mass is 16.4. The minimum Gasteiger partial charge on any atom is -0.480 e. The van der Waals surface area contributed by atoms with E-state index in [0.29, 0.717) is 24.9 Å². The second-order valence-corrected chi connectivity index (χ2v) is 5.96. The van der Waals surface area contributed by atoms with Crippen LogP contribution in [0.2, 0.25) is 0 Å². The molecule has 1 rings (SSSR count). The third kappa shape index (κ3) is 3.93. The fraction of sp³-hybridized carbons (Fsp3) is 0.933. The van der Waals surface area contributed by atoms with Crippen LogP contribution in [0.25, 0.3) is 0 Å². The van der Waals surface area contributed by atoms with Crippen molar-refractivity contribution in [1.82, 2.24) is 10.2 Å². The molecule has 2 N–H and O–H groups in total. The van der Waals surface area contributed by atoms with Crippen molar-refractivity contribution in [2.24, 2.45) is 0 Å². The van der Waals surface area contributed by atoms with Gasteiger partial charge in [-0.2, -0.15) is 0 Å². The molecule has 0 spiro atoms. The van der Waals surface area contributed by atoms with Crippen LogP contribution in [0.4, 0.5) is 0 Å². The van der Waals surface area contributed by atoms with E-state index in [1.165, 1.54) is 19.3 Å². The number of carboxylic acid groups (broad SMARTS) is 1. The molecule has 0 saturated carbocycles. The zero-order valence-electron chi connectivity index (χ0n) is 12.9. The molecule has 0 bridgehead atoms. The maximum atomic E-state index is 11.4. The Hall–Kier alpha value is -0.610. The molecule has 1 aliphatic rings. The molecule has 1 fully saturated rings. The molecule has 19 heavy (non-hydrogen) atoms. The Morgan fingerprint density at radius 2 is 1.95 bits per heavy atom. The molecule has 1 heterocycles. The predicted molar refractivity (Wildman–Crippen MR) is 78.4 cm³/mol. The summed E-state index contributed by atoms with van der Waals surface area (Å²) in [5.74, 6) is -0.725. The average molecular weight is 270 g/mol. The van der Waals surface area contributed by atoms with Gasteiger partial charge in [0.15, 0.2) is 0 Å². The lowest BCUT2D eigenvalue weighted by molar-refractivity contribution is -0.145. The van der Waals surface area contributed by atoms with E-state index in [0.717, 1.165) is 13.0 Å². The molecule has 0 radical (unpaired) electrons. The van der Waals surface area contributed by atoms with Crippen LogP contribution in [0.1, 0.15) is 59.3 Å². The standard InChI is InChI=1S/C15H30N2O2/c1-5-15(16-4,14(18)19)10-7-11-17-12(2)8-6-9-13(17)3/h12-13,16H,5-11H2,1-4H3,(H,18,19). The summed E-state index contributed by atoms with van der Waals surface area (Å²) in [5, 5.41) is 12.4. The fourth-order valence-electron chi connectivity index (χ4n) is 3.32. The number of nitrogens with zero attached hydrogens (tertiary/aromatic N) is 1. The lowest BCUT2D eigenvalue weighted by Gasteiger charge is -2.39. The molecular formula is C15H30N2O2. The van der Waals surface area contributed by atoms with Crippen molar-refractivity contribution in [1.29, 1.82) is 0 Å². The van der Waals surface area contributed by atoms with Gasteiger partial charge >= 0.3 is 5.97 Å². The number of carboxylic acids is 1. The Morgan fingerprint density at radius 3 is 2.37 bits per heavy atom. The van der Waals surface area contributed by atoms with Gasteiger partial charge in [0.1, 0.15) is 5.54 Å². The van der Waals surface area contributed by atoms with E-state index < -0.39 is 11.5 Å². The normalized spacial score (nSPS) is 28.0. The summed E-state index contributed by atoms with van der Waals surface area (Å²) in [4.78, 5) is 14.0. The molecule has 1 aliphatic heterocycles. The SMILES string of the molecule is CCC(CCCN1C(C)CCCC1C)(NC)C(=O)O. The van der Waals surface area contributed by atoms with Crippen LogP contribution < -0.4 is 5.32 Å². The number of likely N-dealkylation sites (N-methyl/N-ethyl adjacent to an activating group) is 1. The summed E-state index contributed by atoms with van der Waals surface area (Å²) in [7, 11) is 1.75. The van der Waals surface area contributed by atoms with E-state index in [9.17, 15) is 9.90 Å². The number of hydrogen-bond donors (Lipinski definition) is 2. The first-order valence-electron chi connectivity index (χ1n) is 7.65. The Kier molecular flexibility index (Phi) is 6.27. The van der Waals surface area contributed by atoms with Crippen LogP contribution in [0.15, 0.2) is 0 Å². The number of likely N-dealkylation sites (tertiary alicyclic amines) is 1. The van der Waals surface area contributed by atoms with E-state index in [-0.39, 0.29) is 0 Å². The maximum absolute atomic E-state index is 11.4. The van der Waals surface area contributed by atoms with Gasteiger partial charge in [0.25, 0.3) is 0 Å². The number of nitrogens with one attached hydrogen (secondary N) is 1. The zero-order chi connectivity index (χ0) is 14.5. The Labute approximate surface area is 117 Å². The van der Waals surface area contributed by atoms with Gasteiger partial charge in [-0.15, -0.1) is 0 Å². The van der Waals surface area contributed by atoms with Crippen molar-refractivity contribution in [3.63, 3.8) is 0 Å². The van der Waals surface area contributed by atoms with Crippen LogP contribution in [-0.4, -0.2) is 47.2 Å². The highest BCUT2D eigenvalue weighted by molar-refractivity contribution is 5.78. The summed E-state index contributed by atoms with van der Waals surface area (Å²) in [5.41, 5.74) is -0.748. The summed E-state index contributed by atoms with van der Waals surface area (Å²) >= 11 is 0. The Balaban J connectivity index is 2.49. The van der Waals surface area contributed by atoms with Crippen molar-refractivity contribution in [2.45, 2.75) is 76.9 Å². The van der Waals surface area contributed by atoms with Crippen LogP contribution in [-0.2, 0) is 4.79 Å². The molecule has 3 atom stereocenters. The lowest BCUT2D eigenvalue weighted by Crippen LogP contribution is -2.51. The smallest absolute Gasteiger partial charge is 0.323 e. The molecule has 0 aromatic heterocycles. The first-order chi connectivity index (χ1) is 8.96. The highest BCUT2D eigenvalue weighted by Crippen LogP contribution is 2.24. The number of piperidine rings is 1. The topological polar surface area (TPSA) is 52.6 Å². The van der Waals surface area contributed by atoms with E-state index in [2.05, 4.69) is 24.1 Å². The van der Waals surface area contributed by atoms with E-state index in [4.69, 9.17) is 0 Å². The number of carbonyl (C=O) groups is 1. The summed E-state index contributed by atoms with van der Waals surface area (Å²) in [6.07, 6.45) is 6.14. The first-order valence-corrected chi connectivity index (χ1v) is 7.65. The molecule has 112 valence electrons. The third-order valence-electron chi connectivity index (χ3n) is 4.89. The van der Waals surface area contributed by atoms with Crippen molar-refractivity contribution in [3.05, 3.63) is 0 Å². The minimum atomic E-state index is -0.748. The number of rotatable bonds is 7. The van der Waals surface area contributed by atoms with Gasteiger partial charge in [-0.05, 0) is 59.5 Å². The molecule has 3 unspecified atom stereocenters. The number of hydrogen-bond acceptors (Lipinski definition) is 3. The minimum absolute atomic E-state index is 0.629. The third-order valence-corrected chi connectivity index (χ3v) is 4.89. The van der Waals surface area contributed by atoms with Crippen molar-refractivity contribution in [3.8, 4) is 0 Å². The molecule has 1 saturated heterocycles. The maximum Gasteiger partial charge on any atom is 0.323 e. The van der Waals surface area contributed by atoms with Crippen LogP contribution in [0.3, 0.4) is 0 Å². The lowest BCUT2D eigenvalue weighted by atomic mass is 9.89. The fourth-order valence-corrected chi connectivity index (χ4v) is 3.32. The Morgan fingerprint density at radius 1 is 1.37 bits per heavy atom. The molecule has 0 aromatic carbocycles. The second-order valence-electron chi connectivity index (χ2n) is 5.96. The van der Waals surface area contributed by atoms with Crippen molar-refractivity contribution < 1.29 is 9.90 Å². The van der Waals surface area contributed by atoms with Gasteiger partial charge in [-0.25, -0.2) is 0 Å². The molecular weight excluding hydrogens is 240 g/mol. The van der Waals surface area contributed by atoms with Gasteiger partial charge in [-0.3, -0.25) is 9.69 Å². The second kappa shape index (κ2) is 7.25. The van der Waals surface area contributed by atoms with Gasteiger partial charge in [-0.1, -0.05) is 13.3 Å². The highest BCUT2D eigenvalue weighted by Gasteiger charge is 2.34. The molecule has 0 aliphatic carbocycles. The van der Waals surface area contributed by atoms with Crippen molar-refractivity contribution >= 4 is 5.97 Å². The molecule has 4 heteroatoms. The van der Waals surface area contributed by atoms with Crippen LogP contribution in [0.5, 0.6) is 0 Å². The summed E-state index contributed by atoms with van der Waals surface area (Å²) in [6, 6.07) is 1.28. The van der Waals surface area contributed by atoms with E-state index in [1.54, 1.807) is 7.05 Å². The Bertz CT molecular complexity index is 280. The quantitative estimate of drug-likeness (QED) is 0.746. The van der Waals surface area contributed by atoms with Crippen LogP contribution in [0, 0.1) is 0 Å². The summed E-state index contributed by atoms with van der Waals surface area (Å²) in [6.45, 7) is 7.53. The van der Waals surface area contributed by atoms with Gasteiger partial charge in [0, 0.05) is 12.1 Å². The zero-order valence-corrected chi connectivity index (χ0v) is 12.9. The predicted octanol–water partition coefficient (Wildman–Crippen LogP) is 2.48. The van der Waals surface area contributed by atoms with Crippen LogP contribution >= 0.6 is 0 Å². The molecule has 4 nitrogen and oxygen atoms in total. The van der Waals surface area contributed by atoms with Gasteiger partial charge in [0.2, 0.25) is 0 Å². The van der Waals surface area contributed by atoms with E-state index in [1.807, 2.05) is 6.92 Å².